The molecule has 0 saturated heterocycles. The lowest BCUT2D eigenvalue weighted by molar-refractivity contribution is 0.582. The zero-order chi connectivity index (χ0) is 21.6. The zero-order valence-electron chi connectivity index (χ0n) is 17.3. The molecule has 3 rings (SSSR count). The minimum atomic E-state index is -3.91. The molecule has 0 fully saturated rings. The number of aliphatic imine (C=N–C) groups is 1. The van der Waals surface area contributed by atoms with E-state index in [1.165, 1.54) is 12.1 Å². The fourth-order valence-corrected chi connectivity index (χ4v) is 3.72. The third-order valence-electron chi connectivity index (χ3n) is 4.03. The van der Waals surface area contributed by atoms with Gasteiger partial charge in [-0.2, -0.15) is 8.42 Å². The fraction of sp³-hybridized carbons (Fsp3) is 0.167. The molecule has 0 radical (unpaired) electrons. The third-order valence-corrected chi connectivity index (χ3v) is 5.32. The largest absolute Gasteiger partial charge is 0.324 e. The van der Waals surface area contributed by atoms with Crippen LogP contribution in [-0.4, -0.2) is 25.6 Å². The van der Waals surface area contributed by atoms with Crippen LogP contribution < -0.4 is 5.32 Å². The van der Waals surface area contributed by atoms with Crippen molar-refractivity contribution >= 4 is 21.7 Å². The first-order valence-electron chi connectivity index (χ1n) is 9.62. The van der Waals surface area contributed by atoms with Crippen molar-refractivity contribution in [1.82, 2.24) is 5.32 Å². The fourth-order valence-electron chi connectivity index (χ4n) is 2.72. The van der Waals surface area contributed by atoms with Gasteiger partial charge in [-0.25, -0.2) is 0 Å². The number of sulfonamides is 1. The molecule has 0 unspecified atom stereocenters. The Balaban J connectivity index is 2.12. The summed E-state index contributed by atoms with van der Waals surface area (Å²) in [5, 5.41) is 3.19. The molecule has 0 aromatic heterocycles. The Morgan fingerprint density at radius 3 is 1.60 bits per heavy atom. The Morgan fingerprint density at radius 1 is 0.700 bits per heavy atom. The van der Waals surface area contributed by atoms with E-state index in [2.05, 4.69) is 9.71 Å². The Morgan fingerprint density at radius 2 is 1.13 bits per heavy atom. The highest BCUT2D eigenvalue weighted by Crippen LogP contribution is 2.15. The van der Waals surface area contributed by atoms with E-state index in [-0.39, 0.29) is 16.3 Å². The van der Waals surface area contributed by atoms with Crippen molar-refractivity contribution < 1.29 is 8.42 Å². The van der Waals surface area contributed by atoms with Crippen molar-refractivity contribution in [2.24, 2.45) is 9.39 Å². The van der Waals surface area contributed by atoms with Crippen molar-refractivity contribution in [1.29, 1.82) is 0 Å². The molecule has 0 spiro atoms. The molecule has 30 heavy (non-hydrogen) atoms. The maximum atomic E-state index is 13.0. The molecule has 0 heterocycles. The molecule has 0 atom stereocenters. The molecule has 0 aliphatic rings. The first-order valence-corrected chi connectivity index (χ1v) is 11.1. The summed E-state index contributed by atoms with van der Waals surface area (Å²) in [5.41, 5.74) is 1.11. The second-order valence-electron chi connectivity index (χ2n) is 7.72. The molecule has 3 aromatic rings. The van der Waals surface area contributed by atoms with Gasteiger partial charge in [-0.3, -0.25) is 4.99 Å². The quantitative estimate of drug-likeness (QED) is 0.494. The number of amidine groups is 2. The summed E-state index contributed by atoms with van der Waals surface area (Å²) < 4.78 is 30.0. The van der Waals surface area contributed by atoms with E-state index in [4.69, 9.17) is 4.99 Å². The highest BCUT2D eigenvalue weighted by molar-refractivity contribution is 7.90. The SMILES string of the molecule is CC(C)(C)N=C(N/C(=N/S(=O)(=O)c1ccccc1)c1ccccc1)c1ccccc1. The molecule has 3 aromatic carbocycles. The molecule has 0 saturated carbocycles. The number of hydrogen-bond acceptors (Lipinski definition) is 3. The van der Waals surface area contributed by atoms with E-state index in [1.807, 2.05) is 81.4 Å². The van der Waals surface area contributed by atoms with Crippen molar-refractivity contribution in [3.8, 4) is 0 Å². The van der Waals surface area contributed by atoms with Gasteiger partial charge in [0.2, 0.25) is 0 Å². The second kappa shape index (κ2) is 9.05. The summed E-state index contributed by atoms with van der Waals surface area (Å²) in [7, 11) is -3.91. The first kappa shape index (κ1) is 21.5. The van der Waals surface area contributed by atoms with Gasteiger partial charge in [-0.15, -0.1) is 4.40 Å². The zero-order valence-corrected chi connectivity index (χ0v) is 18.1. The Kier molecular flexibility index (Phi) is 6.47. The first-order chi connectivity index (χ1) is 14.2. The van der Waals surface area contributed by atoms with Gasteiger partial charge >= 0.3 is 0 Å². The van der Waals surface area contributed by atoms with Crippen LogP contribution in [0.25, 0.3) is 0 Å². The van der Waals surface area contributed by atoms with Crippen LogP contribution in [0.1, 0.15) is 31.9 Å². The van der Waals surface area contributed by atoms with E-state index in [9.17, 15) is 8.42 Å². The van der Waals surface area contributed by atoms with E-state index >= 15 is 0 Å². The normalized spacial score (nSPS) is 13.2. The van der Waals surface area contributed by atoms with E-state index in [1.54, 1.807) is 18.2 Å². The van der Waals surface area contributed by atoms with Crippen molar-refractivity contribution in [3.05, 3.63) is 102 Å². The Bertz CT molecular complexity index is 1130. The van der Waals surface area contributed by atoms with Crippen LogP contribution in [0.3, 0.4) is 0 Å². The molecular weight excluding hydrogens is 394 g/mol. The monoisotopic (exact) mass is 419 g/mol. The molecule has 0 aliphatic heterocycles. The number of benzene rings is 3. The highest BCUT2D eigenvalue weighted by Gasteiger charge is 2.18. The van der Waals surface area contributed by atoms with Gasteiger partial charge in [-0.05, 0) is 32.9 Å². The van der Waals surface area contributed by atoms with E-state index in [0.29, 0.717) is 11.4 Å². The summed E-state index contributed by atoms with van der Waals surface area (Å²) in [4.78, 5) is 4.91. The van der Waals surface area contributed by atoms with Crippen molar-refractivity contribution in [2.45, 2.75) is 31.2 Å². The Labute approximate surface area is 178 Å². The number of hydrogen-bond donors (Lipinski definition) is 1. The molecular formula is C24H25N3O2S. The summed E-state index contributed by atoms with van der Waals surface area (Å²) in [5.74, 6) is 0.764. The van der Waals surface area contributed by atoms with Crippen LogP contribution in [0.4, 0.5) is 0 Å². The van der Waals surface area contributed by atoms with Crippen LogP contribution in [-0.2, 0) is 10.0 Å². The molecule has 0 amide bonds. The summed E-state index contributed by atoms with van der Waals surface area (Å²) >= 11 is 0. The minimum Gasteiger partial charge on any atom is -0.324 e. The predicted octanol–water partition coefficient (Wildman–Crippen LogP) is 4.66. The molecule has 5 nitrogen and oxygen atoms in total. The summed E-state index contributed by atoms with van der Waals surface area (Å²) in [6.07, 6.45) is 0. The van der Waals surface area contributed by atoms with Gasteiger partial charge in [0, 0.05) is 11.1 Å². The van der Waals surface area contributed by atoms with Crippen molar-refractivity contribution in [3.63, 3.8) is 0 Å². The summed E-state index contributed by atoms with van der Waals surface area (Å²) in [6, 6.07) is 26.9. The molecule has 6 heteroatoms. The maximum Gasteiger partial charge on any atom is 0.284 e. The summed E-state index contributed by atoms with van der Waals surface area (Å²) in [6.45, 7) is 5.95. The van der Waals surface area contributed by atoms with Crippen molar-refractivity contribution in [2.75, 3.05) is 0 Å². The smallest absolute Gasteiger partial charge is 0.284 e. The topological polar surface area (TPSA) is 70.9 Å². The second-order valence-corrected chi connectivity index (χ2v) is 9.32. The standard InChI is InChI=1S/C24H25N3O2S/c1-24(2,3)26-22(19-13-7-4-8-14-19)25-23(20-15-9-5-10-16-20)27-30(28,29)21-17-11-6-12-18-21/h4-18H,1-3H3,(H,25,26,27). The lowest BCUT2D eigenvalue weighted by Gasteiger charge is -2.19. The average Bonchev–Trinajstić information content (AvgIpc) is 2.73. The predicted molar refractivity (Wildman–Crippen MR) is 122 cm³/mol. The maximum absolute atomic E-state index is 13.0. The number of nitrogens with one attached hydrogen (secondary N) is 1. The average molecular weight is 420 g/mol. The highest BCUT2D eigenvalue weighted by atomic mass is 32.2. The van der Waals surface area contributed by atoms with Gasteiger partial charge in [0.05, 0.1) is 10.4 Å². The van der Waals surface area contributed by atoms with Gasteiger partial charge in [-0.1, -0.05) is 78.9 Å². The van der Waals surface area contributed by atoms with Gasteiger partial charge in [0.25, 0.3) is 10.0 Å². The van der Waals surface area contributed by atoms with Gasteiger partial charge in [0.1, 0.15) is 5.84 Å². The van der Waals surface area contributed by atoms with Crippen LogP contribution in [0, 0.1) is 0 Å². The number of rotatable bonds is 4. The molecule has 0 aliphatic carbocycles. The molecule has 154 valence electrons. The van der Waals surface area contributed by atoms with Gasteiger partial charge < -0.3 is 5.32 Å². The molecule has 1 N–H and O–H groups in total. The van der Waals surface area contributed by atoms with Crippen LogP contribution in [0.2, 0.25) is 0 Å². The Hall–Kier alpha value is -3.25. The van der Waals surface area contributed by atoms with E-state index in [0.717, 1.165) is 5.56 Å². The van der Waals surface area contributed by atoms with E-state index < -0.39 is 10.0 Å². The van der Waals surface area contributed by atoms with Crippen LogP contribution in [0.5, 0.6) is 0 Å². The lowest BCUT2D eigenvalue weighted by Crippen LogP contribution is -2.35. The molecule has 0 bridgehead atoms. The third kappa shape index (κ3) is 5.87. The van der Waals surface area contributed by atoms with Crippen LogP contribution in [0.15, 0.2) is 105 Å². The van der Waals surface area contributed by atoms with Gasteiger partial charge in [0.15, 0.2) is 5.84 Å². The number of nitrogens with zero attached hydrogens (tertiary/aromatic N) is 2. The lowest BCUT2D eigenvalue weighted by atomic mass is 10.1. The van der Waals surface area contributed by atoms with Crippen LogP contribution >= 0.6 is 0 Å². The minimum absolute atomic E-state index is 0.134.